The van der Waals surface area contributed by atoms with Crippen LogP contribution < -0.4 is 5.56 Å². The zero-order chi connectivity index (χ0) is 34.7. The number of nitrogens with one attached hydrogen (secondary N) is 1. The van der Waals surface area contributed by atoms with Gasteiger partial charge in [-0.1, -0.05) is 38.1 Å². The number of aromatic nitrogens is 2. The van der Waals surface area contributed by atoms with Crippen molar-refractivity contribution < 1.29 is 43.2 Å². The third kappa shape index (κ3) is 7.20. The summed E-state index contributed by atoms with van der Waals surface area (Å²) in [6.45, 7) is 8.71. The lowest BCUT2D eigenvalue weighted by molar-refractivity contribution is -0.179. The molecule has 11 atom stereocenters. The maximum atomic E-state index is 13.6. The smallest absolute Gasteiger partial charge is 0.355 e. The van der Waals surface area contributed by atoms with Gasteiger partial charge in [0.15, 0.2) is 6.10 Å². The van der Waals surface area contributed by atoms with Crippen LogP contribution in [-0.4, -0.2) is 81.9 Å². The lowest BCUT2D eigenvalue weighted by Gasteiger charge is -2.41. The van der Waals surface area contributed by atoms with Crippen LogP contribution in [0.4, 0.5) is 0 Å². The van der Waals surface area contributed by atoms with Gasteiger partial charge in [0.1, 0.15) is 36.7 Å². The molecule has 4 heterocycles. The number of rotatable bonds is 10. The van der Waals surface area contributed by atoms with Crippen LogP contribution in [0.15, 0.2) is 71.3 Å². The molecule has 1 spiro atoms. The number of carbonyl (C=O) groups is 3. The largest absolute Gasteiger partial charge is 0.457 e. The Kier molecular flexibility index (Phi) is 10.8. The predicted octanol–water partition coefficient (Wildman–Crippen LogP) is 3.59. The first-order valence-corrected chi connectivity index (χ1v) is 16.5. The number of H-pyrrole nitrogens is 1. The van der Waals surface area contributed by atoms with Crippen LogP contribution in [0.1, 0.15) is 57.9 Å². The van der Waals surface area contributed by atoms with Gasteiger partial charge in [0, 0.05) is 49.2 Å². The summed E-state index contributed by atoms with van der Waals surface area (Å²) in [5.41, 5.74) is -0.0220. The van der Waals surface area contributed by atoms with Crippen LogP contribution in [0.25, 0.3) is 0 Å². The lowest BCUT2D eigenvalue weighted by Crippen LogP contribution is -2.48. The first-order valence-electron chi connectivity index (χ1n) is 16.5. The van der Waals surface area contributed by atoms with Crippen LogP contribution in [0.3, 0.4) is 0 Å². The number of ether oxygens (including phenoxy) is 5. The van der Waals surface area contributed by atoms with Gasteiger partial charge in [-0.05, 0) is 57.4 Å². The number of esters is 3. The van der Waals surface area contributed by atoms with Crippen LogP contribution >= 0.6 is 0 Å². The predicted molar refractivity (Wildman–Crippen MR) is 174 cm³/mol. The molecule has 2 aromatic rings. The monoisotopic (exact) mass is 666 g/mol. The fourth-order valence-corrected chi connectivity index (χ4v) is 7.24. The van der Waals surface area contributed by atoms with Gasteiger partial charge in [0.05, 0.1) is 11.7 Å². The highest BCUT2D eigenvalue weighted by molar-refractivity contribution is 5.87. The number of carbonyl (C=O) groups excluding carboxylic acids is 3. The second-order valence-electron chi connectivity index (χ2n) is 13.3. The van der Waals surface area contributed by atoms with Crippen LogP contribution in [0.5, 0.6) is 0 Å². The molecule has 1 aliphatic carbocycles. The number of pyridine rings is 1. The minimum Gasteiger partial charge on any atom is -0.457 e. The fraction of sp³-hybridized carbons (Fsp3) is 0.556. The first kappa shape index (κ1) is 35.3. The number of aliphatic hydroxyl groups is 1. The van der Waals surface area contributed by atoms with Crippen LogP contribution in [-0.2, 0) is 39.8 Å². The lowest BCUT2D eigenvalue weighted by atomic mass is 9.69. The summed E-state index contributed by atoms with van der Waals surface area (Å²) in [4.78, 5) is 54.6. The number of hydrogen-bond donors (Lipinski definition) is 2. The molecular weight excluding hydrogens is 620 g/mol. The average Bonchev–Trinajstić information content (AvgIpc) is 3.70. The maximum Gasteiger partial charge on any atom is 0.355 e. The van der Waals surface area contributed by atoms with E-state index in [4.69, 9.17) is 23.7 Å². The first-order chi connectivity index (χ1) is 22.8. The summed E-state index contributed by atoms with van der Waals surface area (Å²) in [7, 11) is 1.45. The van der Waals surface area contributed by atoms with Crippen molar-refractivity contribution in [3.8, 4) is 0 Å². The van der Waals surface area contributed by atoms with Crippen molar-refractivity contribution in [2.24, 2.45) is 23.7 Å². The van der Waals surface area contributed by atoms with E-state index in [9.17, 15) is 24.3 Å². The summed E-state index contributed by atoms with van der Waals surface area (Å²) < 4.78 is 31.7. The Bertz CT molecular complexity index is 1580. The topological polar surface area (TPSA) is 155 Å². The zero-order valence-corrected chi connectivity index (χ0v) is 28.2. The van der Waals surface area contributed by atoms with Crippen molar-refractivity contribution in [3.05, 3.63) is 82.6 Å². The van der Waals surface area contributed by atoms with Crippen molar-refractivity contribution in [1.82, 2.24) is 9.55 Å². The molecule has 2 aliphatic heterocycles. The molecule has 2 aromatic heterocycles. The van der Waals surface area contributed by atoms with E-state index in [1.165, 1.54) is 23.9 Å². The number of nitrogens with zero attached hydrogens (tertiary/aromatic N) is 1. The Balaban J connectivity index is 1.44. The van der Waals surface area contributed by atoms with Crippen LogP contribution in [0.2, 0.25) is 0 Å². The van der Waals surface area contributed by atoms with Gasteiger partial charge >= 0.3 is 17.9 Å². The van der Waals surface area contributed by atoms with Gasteiger partial charge in [0.25, 0.3) is 5.56 Å². The molecule has 0 amide bonds. The van der Waals surface area contributed by atoms with Gasteiger partial charge in [-0.3, -0.25) is 9.59 Å². The molecule has 260 valence electrons. The number of hydrogen-bond acceptors (Lipinski definition) is 10. The van der Waals surface area contributed by atoms with E-state index in [0.29, 0.717) is 12.1 Å². The average molecular weight is 667 g/mol. The van der Waals surface area contributed by atoms with E-state index in [0.717, 1.165) is 5.57 Å². The zero-order valence-electron chi connectivity index (χ0n) is 28.2. The van der Waals surface area contributed by atoms with E-state index in [2.05, 4.69) is 4.98 Å². The molecule has 1 fully saturated rings. The Morgan fingerprint density at radius 2 is 1.88 bits per heavy atom. The van der Waals surface area contributed by atoms with E-state index in [1.807, 2.05) is 39.0 Å². The summed E-state index contributed by atoms with van der Waals surface area (Å²) in [5, 5.41) is 10.6. The standard InChI is InChI=1S/C36H46N2O10/c1-20-16-21(2)36-18-25(33(48-36)32(22(3)23(4)39)47-34(42)27-10-9-14-37-27)12-13-26(36)17-28(44-6)35(43)46-31(20)24(5)45-30(41)19-38-15-8-7-11-29(38)40/h7-16,20,22-26,28,31-33,37,39H,17-19H2,1-6H3/b21-16+/t20-,22-,23+,24-,25-,26-,28+,31+,32-,33-,36+/m1/s1. The molecule has 2 bridgehead atoms. The highest BCUT2D eigenvalue weighted by Gasteiger charge is 2.57. The molecular formula is C36H46N2O10. The molecule has 48 heavy (non-hydrogen) atoms. The number of cyclic esters (lactones) is 1. The summed E-state index contributed by atoms with van der Waals surface area (Å²) >= 11 is 0. The molecule has 0 saturated carbocycles. The second kappa shape index (κ2) is 14.6. The van der Waals surface area contributed by atoms with Crippen molar-refractivity contribution >= 4 is 17.9 Å². The molecule has 0 radical (unpaired) electrons. The minimum atomic E-state index is -0.944. The second-order valence-corrected chi connectivity index (χ2v) is 13.3. The molecule has 0 unspecified atom stereocenters. The van der Waals surface area contributed by atoms with Gasteiger partial charge in [-0.25, -0.2) is 9.59 Å². The third-order valence-corrected chi connectivity index (χ3v) is 10.1. The quantitative estimate of drug-likeness (QED) is 0.218. The summed E-state index contributed by atoms with van der Waals surface area (Å²) in [6, 6.07) is 7.93. The van der Waals surface area contributed by atoms with E-state index >= 15 is 0 Å². The van der Waals surface area contributed by atoms with Gasteiger partial charge < -0.3 is 38.3 Å². The van der Waals surface area contributed by atoms with Crippen molar-refractivity contribution in [3.63, 3.8) is 0 Å². The summed E-state index contributed by atoms with van der Waals surface area (Å²) in [5.74, 6) is -3.08. The van der Waals surface area contributed by atoms with Crippen molar-refractivity contribution in [1.29, 1.82) is 0 Å². The van der Waals surface area contributed by atoms with E-state index < -0.39 is 72.0 Å². The maximum absolute atomic E-state index is 13.6. The molecule has 12 nitrogen and oxygen atoms in total. The van der Waals surface area contributed by atoms with Gasteiger partial charge in [-0.2, -0.15) is 0 Å². The summed E-state index contributed by atoms with van der Waals surface area (Å²) in [6.07, 6.45) is 5.22. The molecule has 2 N–H and O–H groups in total. The minimum absolute atomic E-state index is 0.143. The Hall–Kier alpha value is -4.00. The highest BCUT2D eigenvalue weighted by Crippen LogP contribution is 2.53. The third-order valence-electron chi connectivity index (χ3n) is 10.1. The molecule has 1 saturated heterocycles. The van der Waals surface area contributed by atoms with E-state index in [1.54, 1.807) is 44.3 Å². The number of methoxy groups -OCH3 is 1. The number of aromatic amines is 1. The number of aliphatic hydroxyl groups excluding tert-OH is 1. The molecule has 5 rings (SSSR count). The highest BCUT2D eigenvalue weighted by atomic mass is 16.6. The van der Waals surface area contributed by atoms with Crippen LogP contribution in [0, 0.1) is 23.7 Å². The van der Waals surface area contributed by atoms with E-state index in [-0.39, 0.29) is 30.4 Å². The van der Waals surface area contributed by atoms with Crippen molar-refractivity contribution in [2.75, 3.05) is 7.11 Å². The Labute approximate surface area is 280 Å². The number of fused-ring (bicyclic) bond motifs is 1. The fourth-order valence-electron chi connectivity index (χ4n) is 7.24. The van der Waals surface area contributed by atoms with Gasteiger partial charge in [-0.15, -0.1) is 0 Å². The Morgan fingerprint density at radius 1 is 1.10 bits per heavy atom. The normalized spacial score (nSPS) is 32.1. The van der Waals surface area contributed by atoms with Gasteiger partial charge in [0.2, 0.25) is 0 Å². The molecule has 12 heteroatoms. The van der Waals surface area contributed by atoms with Crippen molar-refractivity contribution in [2.45, 2.75) is 96.2 Å². The molecule has 3 aliphatic rings. The molecule has 0 aromatic carbocycles. The Morgan fingerprint density at radius 3 is 2.54 bits per heavy atom. The SMILES string of the molecule is CO[C@H]1C[C@H]2C=C[C@@H]3C[C@]2(O[C@H]3[C@H](OC(=O)c2ccc[nH]2)[C@H](C)[C@H](C)O)/C(C)=C/[C@@H](C)[C@@H]([C@@H](C)OC(=O)Cn2ccccc2=O)OC1=O.